The molecule has 0 radical (unpaired) electrons. The zero-order valence-corrected chi connectivity index (χ0v) is 17.2. The van der Waals surface area contributed by atoms with Crippen LogP contribution < -0.4 is 15.6 Å². The van der Waals surface area contributed by atoms with E-state index in [9.17, 15) is 9.59 Å². The van der Waals surface area contributed by atoms with Crippen LogP contribution in [0.25, 0.3) is 10.8 Å². The van der Waals surface area contributed by atoms with Crippen molar-refractivity contribution in [2.24, 2.45) is 0 Å². The van der Waals surface area contributed by atoms with Gasteiger partial charge in [0.15, 0.2) is 5.69 Å². The fourth-order valence-corrected chi connectivity index (χ4v) is 3.33. The second-order valence-corrected chi connectivity index (χ2v) is 7.18. The summed E-state index contributed by atoms with van der Waals surface area (Å²) >= 11 is 0. The van der Waals surface area contributed by atoms with E-state index in [-0.39, 0.29) is 17.2 Å². The number of anilines is 1. The number of ether oxygens (including phenoxy) is 1. The zero-order valence-electron chi connectivity index (χ0n) is 17.2. The van der Waals surface area contributed by atoms with Crippen LogP contribution in [-0.2, 0) is 13.2 Å². The maximum atomic E-state index is 13.0. The Hall–Kier alpha value is -3.93. The van der Waals surface area contributed by atoms with Gasteiger partial charge in [-0.25, -0.2) is 4.68 Å². The van der Waals surface area contributed by atoms with Crippen molar-refractivity contribution in [3.63, 3.8) is 0 Å². The number of hydrogen-bond donors (Lipinski definition) is 1. The van der Waals surface area contributed by atoms with Gasteiger partial charge in [0.05, 0.1) is 5.39 Å². The fraction of sp³-hybridized carbons (Fsp3) is 0.160. The number of fused-ring (bicyclic) bond motifs is 1. The average molecular weight is 413 g/mol. The number of aromatic nitrogens is 2. The van der Waals surface area contributed by atoms with Crippen LogP contribution in [0.5, 0.6) is 5.75 Å². The standard InChI is InChI=1S/C25H23N3O3/c1-2-16-28-25(30)22-11-7-6-10-21(22)23(27-28)24(29)26-19-12-14-20(15-13-19)31-17-18-8-4-3-5-9-18/h3-15H,2,16-17H2,1H3,(H,26,29). The number of hydrogen-bond acceptors (Lipinski definition) is 4. The zero-order chi connectivity index (χ0) is 21.6. The third-order valence-corrected chi connectivity index (χ3v) is 4.88. The minimum Gasteiger partial charge on any atom is -0.489 e. The number of nitrogens with zero attached hydrogens (tertiary/aromatic N) is 2. The smallest absolute Gasteiger partial charge is 0.276 e. The second-order valence-electron chi connectivity index (χ2n) is 7.18. The van der Waals surface area contributed by atoms with Crippen LogP contribution in [0.4, 0.5) is 5.69 Å². The van der Waals surface area contributed by atoms with Gasteiger partial charge in [0.25, 0.3) is 11.5 Å². The van der Waals surface area contributed by atoms with Crippen LogP contribution in [0.3, 0.4) is 0 Å². The van der Waals surface area contributed by atoms with Crippen LogP contribution in [0.1, 0.15) is 29.4 Å². The molecule has 0 aliphatic carbocycles. The van der Waals surface area contributed by atoms with E-state index in [1.165, 1.54) is 4.68 Å². The molecule has 6 nitrogen and oxygen atoms in total. The van der Waals surface area contributed by atoms with Gasteiger partial charge >= 0.3 is 0 Å². The van der Waals surface area contributed by atoms with Gasteiger partial charge in [-0.05, 0) is 42.3 Å². The van der Waals surface area contributed by atoms with Crippen LogP contribution >= 0.6 is 0 Å². The highest BCUT2D eigenvalue weighted by atomic mass is 16.5. The average Bonchev–Trinajstić information content (AvgIpc) is 2.81. The molecule has 0 bridgehead atoms. The summed E-state index contributed by atoms with van der Waals surface area (Å²) in [6.45, 7) is 2.89. The van der Waals surface area contributed by atoms with Crippen LogP contribution in [0.15, 0.2) is 83.7 Å². The first-order valence-corrected chi connectivity index (χ1v) is 10.2. The molecule has 156 valence electrons. The summed E-state index contributed by atoms with van der Waals surface area (Å²) in [5.74, 6) is 0.348. The van der Waals surface area contributed by atoms with Gasteiger partial charge < -0.3 is 10.1 Å². The molecule has 0 atom stereocenters. The van der Waals surface area contributed by atoms with Crippen molar-refractivity contribution in [1.29, 1.82) is 0 Å². The number of nitrogens with one attached hydrogen (secondary N) is 1. The summed E-state index contributed by atoms with van der Waals surface area (Å²) in [6.07, 6.45) is 0.747. The molecule has 0 saturated carbocycles. The molecule has 1 aromatic heterocycles. The molecule has 1 N–H and O–H groups in total. The van der Waals surface area contributed by atoms with E-state index in [0.29, 0.717) is 35.4 Å². The molecule has 31 heavy (non-hydrogen) atoms. The Morgan fingerprint density at radius 1 is 0.935 bits per heavy atom. The van der Waals surface area contributed by atoms with Crippen LogP contribution in [0.2, 0.25) is 0 Å². The molecular weight excluding hydrogens is 390 g/mol. The maximum absolute atomic E-state index is 13.0. The van der Waals surface area contributed by atoms with Crippen molar-refractivity contribution in [2.75, 3.05) is 5.32 Å². The number of aryl methyl sites for hydroxylation is 1. The summed E-state index contributed by atoms with van der Waals surface area (Å²) in [7, 11) is 0. The highest BCUT2D eigenvalue weighted by molar-refractivity contribution is 6.11. The number of rotatable bonds is 7. The molecule has 1 amide bonds. The number of carbonyl (C=O) groups is 1. The van der Waals surface area contributed by atoms with E-state index in [2.05, 4.69) is 10.4 Å². The number of carbonyl (C=O) groups excluding carboxylic acids is 1. The van der Waals surface area contributed by atoms with Crippen molar-refractivity contribution in [3.05, 3.63) is 100 Å². The quantitative estimate of drug-likeness (QED) is 0.479. The number of amides is 1. The summed E-state index contributed by atoms with van der Waals surface area (Å²) in [4.78, 5) is 25.6. The normalized spacial score (nSPS) is 10.7. The van der Waals surface area contributed by atoms with Crippen molar-refractivity contribution in [3.8, 4) is 5.75 Å². The van der Waals surface area contributed by atoms with E-state index in [4.69, 9.17) is 4.74 Å². The summed E-state index contributed by atoms with van der Waals surface area (Å²) in [6, 6.07) is 24.1. The lowest BCUT2D eigenvalue weighted by molar-refractivity contribution is 0.102. The lowest BCUT2D eigenvalue weighted by Crippen LogP contribution is -2.27. The topological polar surface area (TPSA) is 73.2 Å². The SMILES string of the molecule is CCCn1nc(C(=O)Nc2ccc(OCc3ccccc3)cc2)c2ccccc2c1=O. The van der Waals surface area contributed by atoms with E-state index in [0.717, 1.165) is 12.0 Å². The largest absolute Gasteiger partial charge is 0.489 e. The Labute approximate surface area is 180 Å². The first kappa shape index (κ1) is 20.3. The van der Waals surface area contributed by atoms with Crippen LogP contribution in [0, 0.1) is 0 Å². The molecule has 0 spiro atoms. The summed E-state index contributed by atoms with van der Waals surface area (Å²) < 4.78 is 7.15. The van der Waals surface area contributed by atoms with E-state index < -0.39 is 0 Å². The predicted molar refractivity (Wildman–Crippen MR) is 121 cm³/mol. The molecule has 0 aliphatic heterocycles. The molecule has 0 aliphatic rings. The molecular formula is C25H23N3O3. The monoisotopic (exact) mass is 413 g/mol. The fourth-order valence-electron chi connectivity index (χ4n) is 3.33. The molecule has 4 aromatic rings. The number of benzene rings is 3. The Bertz CT molecular complexity index is 1250. The molecule has 0 unspecified atom stereocenters. The first-order chi connectivity index (χ1) is 15.2. The Kier molecular flexibility index (Phi) is 6.08. The molecule has 4 rings (SSSR count). The Morgan fingerprint density at radius 2 is 1.61 bits per heavy atom. The van der Waals surface area contributed by atoms with Gasteiger partial charge in [-0.3, -0.25) is 9.59 Å². The Balaban J connectivity index is 1.52. The maximum Gasteiger partial charge on any atom is 0.276 e. The molecule has 6 heteroatoms. The second kappa shape index (κ2) is 9.26. The van der Waals surface area contributed by atoms with Gasteiger partial charge in [0.2, 0.25) is 0 Å². The van der Waals surface area contributed by atoms with Gasteiger partial charge in [0, 0.05) is 17.6 Å². The molecule has 0 fully saturated rings. The summed E-state index contributed by atoms with van der Waals surface area (Å²) in [5.41, 5.74) is 1.75. The van der Waals surface area contributed by atoms with Gasteiger partial charge in [-0.2, -0.15) is 5.10 Å². The van der Waals surface area contributed by atoms with Crippen molar-refractivity contribution >= 4 is 22.4 Å². The van der Waals surface area contributed by atoms with E-state index >= 15 is 0 Å². The van der Waals surface area contributed by atoms with Gasteiger partial charge in [-0.1, -0.05) is 55.5 Å². The van der Waals surface area contributed by atoms with Crippen molar-refractivity contribution < 1.29 is 9.53 Å². The van der Waals surface area contributed by atoms with Crippen LogP contribution in [-0.4, -0.2) is 15.7 Å². The van der Waals surface area contributed by atoms with Crippen molar-refractivity contribution in [2.45, 2.75) is 26.5 Å². The molecule has 0 saturated heterocycles. The van der Waals surface area contributed by atoms with E-state index in [1.807, 2.05) is 49.4 Å². The molecule has 1 heterocycles. The third-order valence-electron chi connectivity index (χ3n) is 4.88. The highest BCUT2D eigenvalue weighted by Crippen LogP contribution is 2.19. The summed E-state index contributed by atoms with van der Waals surface area (Å²) in [5, 5.41) is 8.23. The minimum absolute atomic E-state index is 0.186. The van der Waals surface area contributed by atoms with E-state index in [1.54, 1.807) is 36.4 Å². The lowest BCUT2D eigenvalue weighted by atomic mass is 10.1. The lowest BCUT2D eigenvalue weighted by Gasteiger charge is -2.11. The first-order valence-electron chi connectivity index (χ1n) is 10.2. The van der Waals surface area contributed by atoms with Gasteiger partial charge in [0.1, 0.15) is 12.4 Å². The van der Waals surface area contributed by atoms with Gasteiger partial charge in [-0.15, -0.1) is 0 Å². The molecule has 3 aromatic carbocycles. The third kappa shape index (κ3) is 4.64. The minimum atomic E-state index is -0.362. The predicted octanol–water partition coefficient (Wildman–Crippen LogP) is 4.64. The Morgan fingerprint density at radius 3 is 2.32 bits per heavy atom. The highest BCUT2D eigenvalue weighted by Gasteiger charge is 2.16. The van der Waals surface area contributed by atoms with Crippen molar-refractivity contribution in [1.82, 2.24) is 9.78 Å².